The minimum Gasteiger partial charge on any atom is -0.394 e. The molecule has 6 heteroatoms. The number of nitrogens with one attached hydrogen (secondary N) is 1. The number of nitrogens with zero attached hydrogens (tertiary/aromatic N) is 2. The Bertz CT molecular complexity index is 629. The van der Waals surface area contributed by atoms with E-state index in [4.69, 9.17) is 5.11 Å². The molecule has 1 aromatic carbocycles. The quantitative estimate of drug-likeness (QED) is 0.749. The normalized spacial score (nSPS) is 10.6. The largest absolute Gasteiger partial charge is 0.394 e. The molecule has 0 aliphatic rings. The maximum atomic E-state index is 11.9. The highest BCUT2D eigenvalue weighted by Gasteiger charge is 2.07. The molecule has 0 saturated heterocycles. The number of anilines is 1. The first-order valence-corrected chi connectivity index (χ1v) is 7.66. The lowest BCUT2D eigenvalue weighted by molar-refractivity contribution is 0.266. The van der Waals surface area contributed by atoms with E-state index >= 15 is 0 Å². The Morgan fingerprint density at radius 1 is 1.29 bits per heavy atom. The fraction of sp³-hybridized carbons (Fsp3) is 0.333. The fourth-order valence-corrected chi connectivity index (χ4v) is 2.45. The van der Waals surface area contributed by atoms with E-state index < -0.39 is 0 Å². The summed E-state index contributed by atoms with van der Waals surface area (Å²) in [5.41, 5.74) is 1.74. The molecule has 21 heavy (non-hydrogen) atoms. The molecule has 0 fully saturated rings. The second-order valence-electron chi connectivity index (χ2n) is 4.64. The van der Waals surface area contributed by atoms with Gasteiger partial charge in [0.05, 0.1) is 25.0 Å². The van der Waals surface area contributed by atoms with Gasteiger partial charge in [0.1, 0.15) is 4.47 Å². The van der Waals surface area contributed by atoms with Crippen LogP contribution >= 0.6 is 15.9 Å². The first-order chi connectivity index (χ1) is 10.2. The second-order valence-corrected chi connectivity index (χ2v) is 5.43. The van der Waals surface area contributed by atoms with E-state index in [0.29, 0.717) is 10.2 Å². The third-order valence-corrected chi connectivity index (χ3v) is 3.86. The Morgan fingerprint density at radius 3 is 2.76 bits per heavy atom. The van der Waals surface area contributed by atoms with Crippen molar-refractivity contribution in [3.8, 4) is 0 Å². The zero-order valence-electron chi connectivity index (χ0n) is 11.6. The van der Waals surface area contributed by atoms with E-state index in [1.54, 1.807) is 6.20 Å². The number of hydrogen-bond acceptors (Lipinski definition) is 4. The van der Waals surface area contributed by atoms with E-state index in [0.717, 1.165) is 19.4 Å². The highest BCUT2D eigenvalue weighted by molar-refractivity contribution is 9.10. The molecule has 0 radical (unpaired) electrons. The van der Waals surface area contributed by atoms with Gasteiger partial charge in [0, 0.05) is 6.54 Å². The SMILES string of the molecule is O=c1c(Br)c(NCCCc2ccccc2)cnn1CCO. The zero-order chi connectivity index (χ0) is 15.1. The molecule has 112 valence electrons. The van der Waals surface area contributed by atoms with Crippen LogP contribution in [0.2, 0.25) is 0 Å². The van der Waals surface area contributed by atoms with Crippen LogP contribution in [0.25, 0.3) is 0 Å². The summed E-state index contributed by atoms with van der Waals surface area (Å²) < 4.78 is 1.69. The van der Waals surface area contributed by atoms with Gasteiger partial charge in [-0.1, -0.05) is 30.3 Å². The Hall–Kier alpha value is -1.66. The van der Waals surface area contributed by atoms with Crippen molar-refractivity contribution in [1.82, 2.24) is 9.78 Å². The van der Waals surface area contributed by atoms with Crippen molar-refractivity contribution in [3.05, 3.63) is 56.9 Å². The molecule has 0 aliphatic heterocycles. The van der Waals surface area contributed by atoms with Crippen LogP contribution < -0.4 is 10.9 Å². The number of aryl methyl sites for hydroxylation is 1. The summed E-state index contributed by atoms with van der Waals surface area (Å²) in [6, 6.07) is 10.3. The molecule has 0 atom stereocenters. The van der Waals surface area contributed by atoms with Crippen molar-refractivity contribution in [2.45, 2.75) is 19.4 Å². The van der Waals surface area contributed by atoms with Crippen LogP contribution in [0.5, 0.6) is 0 Å². The van der Waals surface area contributed by atoms with E-state index in [9.17, 15) is 4.79 Å². The molecular formula is C15H18BrN3O2. The molecule has 0 spiro atoms. The lowest BCUT2D eigenvalue weighted by Gasteiger charge is -2.10. The Kier molecular flexibility index (Phi) is 5.95. The minimum absolute atomic E-state index is 0.108. The number of benzene rings is 1. The van der Waals surface area contributed by atoms with Crippen molar-refractivity contribution < 1.29 is 5.11 Å². The van der Waals surface area contributed by atoms with Gasteiger partial charge in [-0.05, 0) is 34.3 Å². The summed E-state index contributed by atoms with van der Waals surface area (Å²) in [6.45, 7) is 0.855. The van der Waals surface area contributed by atoms with Gasteiger partial charge >= 0.3 is 0 Å². The van der Waals surface area contributed by atoms with Gasteiger partial charge in [0.25, 0.3) is 5.56 Å². The molecule has 1 heterocycles. The van der Waals surface area contributed by atoms with Crippen LogP contribution in [0.1, 0.15) is 12.0 Å². The molecule has 0 aliphatic carbocycles. The lowest BCUT2D eigenvalue weighted by Crippen LogP contribution is -2.26. The second kappa shape index (κ2) is 7.95. The van der Waals surface area contributed by atoms with Gasteiger partial charge in [0.15, 0.2) is 0 Å². The minimum atomic E-state index is -0.239. The molecule has 0 unspecified atom stereocenters. The van der Waals surface area contributed by atoms with E-state index in [1.165, 1.54) is 10.2 Å². The van der Waals surface area contributed by atoms with Crippen molar-refractivity contribution in [1.29, 1.82) is 0 Å². The van der Waals surface area contributed by atoms with Crippen LogP contribution in [0.15, 0.2) is 45.8 Å². The van der Waals surface area contributed by atoms with Crippen molar-refractivity contribution in [2.24, 2.45) is 0 Å². The van der Waals surface area contributed by atoms with Gasteiger partial charge in [-0.25, -0.2) is 4.68 Å². The van der Waals surface area contributed by atoms with E-state index in [1.807, 2.05) is 18.2 Å². The summed E-state index contributed by atoms with van der Waals surface area (Å²) in [5, 5.41) is 16.1. The third kappa shape index (κ3) is 4.41. The Balaban J connectivity index is 1.89. The van der Waals surface area contributed by atoms with Gasteiger partial charge in [-0.3, -0.25) is 4.79 Å². The average Bonchev–Trinajstić information content (AvgIpc) is 2.51. The predicted molar refractivity (Wildman–Crippen MR) is 86.5 cm³/mol. The maximum Gasteiger partial charge on any atom is 0.283 e. The first-order valence-electron chi connectivity index (χ1n) is 6.86. The molecule has 2 aromatic rings. The lowest BCUT2D eigenvalue weighted by atomic mass is 10.1. The number of rotatable bonds is 7. The summed E-state index contributed by atoms with van der Waals surface area (Å²) in [5.74, 6) is 0. The van der Waals surface area contributed by atoms with Gasteiger partial charge in [-0.15, -0.1) is 0 Å². The molecule has 0 amide bonds. The molecular weight excluding hydrogens is 334 g/mol. The summed E-state index contributed by atoms with van der Waals surface area (Å²) >= 11 is 3.28. The molecule has 0 bridgehead atoms. The number of halogens is 1. The van der Waals surface area contributed by atoms with E-state index in [-0.39, 0.29) is 18.7 Å². The number of aromatic nitrogens is 2. The predicted octanol–water partition coefficient (Wildman–Crippen LogP) is 2.04. The maximum absolute atomic E-state index is 11.9. The number of hydrogen-bond donors (Lipinski definition) is 2. The van der Waals surface area contributed by atoms with Crippen molar-refractivity contribution >= 4 is 21.6 Å². The smallest absolute Gasteiger partial charge is 0.283 e. The Morgan fingerprint density at radius 2 is 2.05 bits per heavy atom. The van der Waals surface area contributed by atoms with Crippen LogP contribution in [-0.2, 0) is 13.0 Å². The number of aliphatic hydroxyl groups is 1. The van der Waals surface area contributed by atoms with E-state index in [2.05, 4.69) is 38.5 Å². The first kappa shape index (κ1) is 15.7. The van der Waals surface area contributed by atoms with Crippen LogP contribution in [0, 0.1) is 0 Å². The van der Waals surface area contributed by atoms with Crippen LogP contribution in [0.4, 0.5) is 5.69 Å². The van der Waals surface area contributed by atoms with Crippen LogP contribution in [0.3, 0.4) is 0 Å². The molecule has 2 N–H and O–H groups in total. The van der Waals surface area contributed by atoms with Crippen molar-refractivity contribution in [2.75, 3.05) is 18.5 Å². The fourth-order valence-electron chi connectivity index (χ4n) is 2.00. The zero-order valence-corrected chi connectivity index (χ0v) is 13.2. The summed E-state index contributed by atoms with van der Waals surface area (Å²) in [4.78, 5) is 11.9. The molecule has 1 aromatic heterocycles. The van der Waals surface area contributed by atoms with Gasteiger partial charge in [0.2, 0.25) is 0 Å². The van der Waals surface area contributed by atoms with Crippen LogP contribution in [-0.4, -0.2) is 28.0 Å². The molecule has 5 nitrogen and oxygen atoms in total. The summed E-state index contributed by atoms with van der Waals surface area (Å²) in [7, 11) is 0. The molecule has 0 saturated carbocycles. The van der Waals surface area contributed by atoms with Gasteiger partial charge in [-0.2, -0.15) is 5.10 Å². The topological polar surface area (TPSA) is 67.2 Å². The highest BCUT2D eigenvalue weighted by Crippen LogP contribution is 2.16. The number of aliphatic hydroxyl groups excluding tert-OH is 1. The molecule has 2 rings (SSSR count). The van der Waals surface area contributed by atoms with Crippen molar-refractivity contribution in [3.63, 3.8) is 0 Å². The monoisotopic (exact) mass is 351 g/mol. The average molecular weight is 352 g/mol. The van der Waals surface area contributed by atoms with Gasteiger partial charge < -0.3 is 10.4 Å². The standard InChI is InChI=1S/C15H18BrN3O2/c16-14-13(11-18-19(9-10-20)15(14)21)17-8-4-7-12-5-2-1-3-6-12/h1-3,5-6,11,17,20H,4,7-10H2. The Labute approximate surface area is 131 Å². The summed E-state index contributed by atoms with van der Waals surface area (Å²) in [6.07, 6.45) is 3.56. The third-order valence-electron chi connectivity index (χ3n) is 3.10. The highest BCUT2D eigenvalue weighted by atomic mass is 79.9.